The van der Waals surface area contributed by atoms with Crippen molar-refractivity contribution in [3.05, 3.63) is 71.2 Å². The normalized spacial score (nSPS) is 11.0. The van der Waals surface area contributed by atoms with Crippen LogP contribution in [-0.2, 0) is 11.3 Å². The average molecular weight is 459 g/mol. The van der Waals surface area contributed by atoms with Crippen LogP contribution in [0.2, 0.25) is 10.0 Å². The van der Waals surface area contributed by atoms with Crippen molar-refractivity contribution in [3.8, 4) is 11.6 Å². The molecule has 0 atom stereocenters. The summed E-state index contributed by atoms with van der Waals surface area (Å²) in [7, 11) is 0. The lowest BCUT2D eigenvalue weighted by Crippen LogP contribution is -2.15. The number of para-hydroxylation sites is 1. The third-order valence-corrected chi connectivity index (χ3v) is 5.74. The van der Waals surface area contributed by atoms with E-state index in [0.717, 1.165) is 5.39 Å². The second-order valence-corrected chi connectivity index (χ2v) is 8.10. The predicted octanol–water partition coefficient (Wildman–Crippen LogP) is 5.91. The van der Waals surface area contributed by atoms with E-state index in [1.54, 1.807) is 30.3 Å². The molecule has 0 aliphatic rings. The summed E-state index contributed by atoms with van der Waals surface area (Å²) in [5.41, 5.74) is 1.27. The van der Waals surface area contributed by atoms with Gasteiger partial charge in [-0.05, 0) is 36.4 Å². The van der Waals surface area contributed by atoms with Crippen molar-refractivity contribution in [1.82, 2.24) is 14.8 Å². The standard InChI is InChI=1S/C21H16Cl2N4O2S/c1-2-9-27-20(18-11-13-10-14(22)7-8-17(13)29-18)25-26-21(27)30-12-19(28)24-16-6-4-3-5-15(16)23/h2-8,10-11H,1,9,12H2,(H,24,28). The summed E-state index contributed by atoms with van der Waals surface area (Å²) in [4.78, 5) is 12.3. The van der Waals surface area contributed by atoms with E-state index >= 15 is 0 Å². The zero-order valence-corrected chi connectivity index (χ0v) is 18.0. The number of hydrogen-bond acceptors (Lipinski definition) is 5. The lowest BCUT2D eigenvalue weighted by Gasteiger charge is -2.08. The van der Waals surface area contributed by atoms with Crippen molar-refractivity contribution in [3.63, 3.8) is 0 Å². The van der Waals surface area contributed by atoms with Crippen molar-refractivity contribution in [2.75, 3.05) is 11.1 Å². The minimum Gasteiger partial charge on any atom is -0.453 e. The summed E-state index contributed by atoms with van der Waals surface area (Å²) in [6.45, 7) is 4.27. The van der Waals surface area contributed by atoms with E-state index in [2.05, 4.69) is 22.1 Å². The monoisotopic (exact) mass is 458 g/mol. The van der Waals surface area contributed by atoms with Gasteiger partial charge in [0.15, 0.2) is 10.9 Å². The average Bonchev–Trinajstić information content (AvgIpc) is 3.32. The Hall–Kier alpha value is -2.74. The number of hydrogen-bond donors (Lipinski definition) is 1. The quantitative estimate of drug-likeness (QED) is 0.275. The molecule has 0 radical (unpaired) electrons. The van der Waals surface area contributed by atoms with Crippen LogP contribution >= 0.6 is 35.0 Å². The molecular formula is C21H16Cl2N4O2S. The number of nitrogens with zero attached hydrogens (tertiary/aromatic N) is 3. The highest BCUT2D eigenvalue weighted by Crippen LogP contribution is 2.31. The Kier molecular flexibility index (Phi) is 6.13. The van der Waals surface area contributed by atoms with Gasteiger partial charge in [0.25, 0.3) is 0 Å². The number of rotatable bonds is 7. The number of anilines is 1. The first-order chi connectivity index (χ1) is 14.5. The summed E-state index contributed by atoms with van der Waals surface area (Å²) in [5, 5.41) is 13.9. The summed E-state index contributed by atoms with van der Waals surface area (Å²) in [6.07, 6.45) is 1.74. The topological polar surface area (TPSA) is 73.0 Å². The highest BCUT2D eigenvalue weighted by atomic mass is 35.5. The number of nitrogens with one attached hydrogen (secondary N) is 1. The molecule has 2 aromatic carbocycles. The first-order valence-corrected chi connectivity index (χ1v) is 10.7. The number of furan rings is 1. The molecule has 0 spiro atoms. The maximum absolute atomic E-state index is 12.3. The van der Waals surface area contributed by atoms with Crippen LogP contribution in [0.3, 0.4) is 0 Å². The minimum absolute atomic E-state index is 0.149. The number of thioether (sulfide) groups is 1. The zero-order valence-electron chi connectivity index (χ0n) is 15.6. The van der Waals surface area contributed by atoms with Gasteiger partial charge in [-0.15, -0.1) is 16.8 Å². The fourth-order valence-corrected chi connectivity index (χ4v) is 3.99. The summed E-state index contributed by atoms with van der Waals surface area (Å²) in [5.74, 6) is 1.07. The molecule has 1 N–H and O–H groups in total. The van der Waals surface area contributed by atoms with Gasteiger partial charge in [-0.1, -0.05) is 53.2 Å². The maximum Gasteiger partial charge on any atom is 0.234 e. The molecule has 6 nitrogen and oxygen atoms in total. The first-order valence-electron chi connectivity index (χ1n) is 8.96. The molecule has 0 saturated carbocycles. The molecule has 0 bridgehead atoms. The summed E-state index contributed by atoms with van der Waals surface area (Å²) >= 11 is 13.4. The Balaban J connectivity index is 1.54. The number of fused-ring (bicyclic) bond motifs is 1. The largest absolute Gasteiger partial charge is 0.453 e. The summed E-state index contributed by atoms with van der Waals surface area (Å²) in [6, 6.07) is 14.3. The molecule has 0 fully saturated rings. The van der Waals surface area contributed by atoms with Crippen LogP contribution in [0.1, 0.15) is 0 Å². The van der Waals surface area contributed by atoms with Crippen LogP contribution in [0, 0.1) is 0 Å². The Morgan fingerprint density at radius 3 is 2.83 bits per heavy atom. The number of carbonyl (C=O) groups is 1. The van der Waals surface area contributed by atoms with Crippen LogP contribution < -0.4 is 5.32 Å². The molecule has 9 heteroatoms. The van der Waals surface area contributed by atoms with Gasteiger partial charge in [0.05, 0.1) is 16.5 Å². The van der Waals surface area contributed by atoms with Gasteiger partial charge in [0.1, 0.15) is 5.58 Å². The molecule has 30 heavy (non-hydrogen) atoms. The lowest BCUT2D eigenvalue weighted by atomic mass is 10.2. The minimum atomic E-state index is -0.193. The van der Waals surface area contributed by atoms with Gasteiger partial charge in [0, 0.05) is 17.0 Å². The Bertz CT molecular complexity index is 1230. The SMILES string of the molecule is C=CCn1c(SCC(=O)Nc2ccccc2Cl)nnc1-c1cc2cc(Cl)ccc2o1. The van der Waals surface area contributed by atoms with Gasteiger partial charge in [0.2, 0.25) is 11.7 Å². The molecule has 4 aromatic rings. The van der Waals surface area contributed by atoms with Crippen molar-refractivity contribution < 1.29 is 9.21 Å². The molecule has 0 saturated heterocycles. The molecule has 1 amide bonds. The number of halogens is 2. The lowest BCUT2D eigenvalue weighted by molar-refractivity contribution is -0.113. The second-order valence-electron chi connectivity index (χ2n) is 6.31. The molecule has 0 aliphatic heterocycles. The van der Waals surface area contributed by atoms with E-state index in [1.807, 2.05) is 28.8 Å². The van der Waals surface area contributed by atoms with Crippen LogP contribution in [0.15, 0.2) is 70.8 Å². The Morgan fingerprint density at radius 2 is 2.03 bits per heavy atom. The second kappa shape index (κ2) is 8.95. The number of carbonyl (C=O) groups excluding carboxylic acids is 1. The molecule has 2 heterocycles. The number of amides is 1. The highest BCUT2D eigenvalue weighted by molar-refractivity contribution is 7.99. The third-order valence-electron chi connectivity index (χ3n) is 4.21. The van der Waals surface area contributed by atoms with Gasteiger partial charge in [-0.25, -0.2) is 0 Å². The number of benzene rings is 2. The zero-order chi connectivity index (χ0) is 21.1. The van der Waals surface area contributed by atoms with E-state index in [0.29, 0.717) is 44.6 Å². The van der Waals surface area contributed by atoms with Crippen molar-refractivity contribution in [1.29, 1.82) is 0 Å². The molecule has 2 aromatic heterocycles. The molecular weight excluding hydrogens is 443 g/mol. The van der Waals surface area contributed by atoms with Gasteiger partial charge < -0.3 is 9.73 Å². The molecule has 152 valence electrons. The number of allylic oxidation sites excluding steroid dienone is 1. The van der Waals surface area contributed by atoms with Crippen molar-refractivity contribution in [2.45, 2.75) is 11.7 Å². The van der Waals surface area contributed by atoms with Crippen LogP contribution in [0.25, 0.3) is 22.6 Å². The van der Waals surface area contributed by atoms with E-state index in [4.69, 9.17) is 27.6 Å². The van der Waals surface area contributed by atoms with E-state index < -0.39 is 0 Å². The molecule has 0 unspecified atom stereocenters. The van der Waals surface area contributed by atoms with E-state index in [9.17, 15) is 4.79 Å². The van der Waals surface area contributed by atoms with Crippen molar-refractivity contribution >= 4 is 57.5 Å². The third kappa shape index (κ3) is 4.38. The predicted molar refractivity (Wildman–Crippen MR) is 121 cm³/mol. The smallest absolute Gasteiger partial charge is 0.234 e. The van der Waals surface area contributed by atoms with Crippen molar-refractivity contribution in [2.24, 2.45) is 0 Å². The van der Waals surface area contributed by atoms with Crippen LogP contribution in [-0.4, -0.2) is 26.4 Å². The van der Waals surface area contributed by atoms with E-state index in [-0.39, 0.29) is 11.7 Å². The van der Waals surface area contributed by atoms with Gasteiger partial charge in [-0.2, -0.15) is 0 Å². The van der Waals surface area contributed by atoms with E-state index in [1.165, 1.54) is 11.8 Å². The van der Waals surface area contributed by atoms with Crippen LogP contribution in [0.5, 0.6) is 0 Å². The Morgan fingerprint density at radius 1 is 1.20 bits per heavy atom. The fraction of sp³-hybridized carbons (Fsp3) is 0.0952. The van der Waals surface area contributed by atoms with Gasteiger partial charge in [-0.3, -0.25) is 9.36 Å². The Labute approximate surface area is 186 Å². The first kappa shape index (κ1) is 20.5. The summed E-state index contributed by atoms with van der Waals surface area (Å²) < 4.78 is 7.75. The highest BCUT2D eigenvalue weighted by Gasteiger charge is 2.18. The molecule has 4 rings (SSSR count). The molecule has 0 aliphatic carbocycles. The van der Waals surface area contributed by atoms with Crippen LogP contribution in [0.4, 0.5) is 5.69 Å². The fourth-order valence-electron chi connectivity index (χ4n) is 2.87. The number of aromatic nitrogens is 3. The van der Waals surface area contributed by atoms with Gasteiger partial charge >= 0.3 is 0 Å². The maximum atomic E-state index is 12.3.